The van der Waals surface area contributed by atoms with Crippen molar-refractivity contribution in [2.45, 2.75) is 40.4 Å². The maximum Gasteiger partial charge on any atom is 0.433 e. The van der Waals surface area contributed by atoms with E-state index in [4.69, 9.17) is 0 Å². The number of aryl methyl sites for hydroxylation is 1. The number of rotatable bonds is 1. The summed E-state index contributed by atoms with van der Waals surface area (Å²) in [6.07, 6.45) is -4.58. The quantitative estimate of drug-likeness (QED) is 0.765. The van der Waals surface area contributed by atoms with E-state index in [0.29, 0.717) is 12.6 Å². The number of nitrogens with zero attached hydrogens (tertiary/aromatic N) is 2. The van der Waals surface area contributed by atoms with Crippen molar-refractivity contribution in [3.63, 3.8) is 0 Å². The third kappa shape index (κ3) is 3.57. The SMILES string of the molecule is Cc1nc(C(F)(F)F)cc(=O)n1CC(C)(C)C. The van der Waals surface area contributed by atoms with Crippen LogP contribution in [0.2, 0.25) is 0 Å². The number of hydrogen-bond acceptors (Lipinski definition) is 2. The third-order valence-electron chi connectivity index (χ3n) is 2.12. The lowest BCUT2D eigenvalue weighted by Gasteiger charge is -2.21. The molecule has 0 aromatic carbocycles. The van der Waals surface area contributed by atoms with E-state index in [1.807, 2.05) is 20.8 Å². The lowest BCUT2D eigenvalue weighted by molar-refractivity contribution is -0.141. The van der Waals surface area contributed by atoms with Crippen LogP contribution in [0.3, 0.4) is 0 Å². The van der Waals surface area contributed by atoms with Gasteiger partial charge in [-0.25, -0.2) is 4.98 Å². The molecular formula is C11H15F3N2O. The molecule has 0 saturated carbocycles. The second-order valence-corrected chi connectivity index (χ2v) is 5.17. The zero-order valence-electron chi connectivity index (χ0n) is 10.2. The molecule has 0 N–H and O–H groups in total. The molecule has 0 saturated heterocycles. The molecule has 0 aliphatic rings. The second kappa shape index (κ2) is 4.16. The predicted octanol–water partition coefficient (Wildman–Crippen LogP) is 2.62. The summed E-state index contributed by atoms with van der Waals surface area (Å²) in [6.45, 7) is 7.44. The van der Waals surface area contributed by atoms with Crippen molar-refractivity contribution in [3.8, 4) is 0 Å². The molecule has 0 unspecified atom stereocenters. The molecule has 0 amide bonds. The number of aromatic nitrogens is 2. The molecule has 0 spiro atoms. The summed E-state index contributed by atoms with van der Waals surface area (Å²) in [5.74, 6) is 0.0831. The fraction of sp³-hybridized carbons (Fsp3) is 0.636. The first kappa shape index (κ1) is 13.7. The van der Waals surface area contributed by atoms with E-state index >= 15 is 0 Å². The fourth-order valence-electron chi connectivity index (χ4n) is 1.43. The van der Waals surface area contributed by atoms with Crippen LogP contribution in [-0.2, 0) is 12.7 Å². The van der Waals surface area contributed by atoms with Gasteiger partial charge in [0.05, 0.1) is 0 Å². The van der Waals surface area contributed by atoms with Crippen LogP contribution in [0.25, 0.3) is 0 Å². The van der Waals surface area contributed by atoms with E-state index in [0.717, 1.165) is 0 Å². The van der Waals surface area contributed by atoms with E-state index in [-0.39, 0.29) is 11.2 Å². The molecule has 0 radical (unpaired) electrons. The van der Waals surface area contributed by atoms with Crippen LogP contribution in [0, 0.1) is 12.3 Å². The van der Waals surface area contributed by atoms with Gasteiger partial charge in [0.2, 0.25) is 0 Å². The molecule has 3 nitrogen and oxygen atoms in total. The zero-order valence-corrected chi connectivity index (χ0v) is 10.2. The Labute approximate surface area is 97.3 Å². The van der Waals surface area contributed by atoms with Gasteiger partial charge in [0, 0.05) is 12.6 Å². The molecule has 0 atom stereocenters. The predicted molar refractivity (Wildman–Crippen MR) is 57.7 cm³/mol. The van der Waals surface area contributed by atoms with Crippen LogP contribution in [-0.4, -0.2) is 9.55 Å². The van der Waals surface area contributed by atoms with Gasteiger partial charge in [-0.3, -0.25) is 9.36 Å². The standard InChI is InChI=1S/C11H15F3N2O/c1-7-15-8(11(12,13)14)5-9(17)16(7)6-10(2,3)4/h5H,6H2,1-4H3. The van der Waals surface area contributed by atoms with Crippen molar-refractivity contribution in [1.82, 2.24) is 9.55 Å². The molecule has 1 aromatic heterocycles. The molecule has 6 heteroatoms. The molecule has 0 fully saturated rings. The van der Waals surface area contributed by atoms with Crippen LogP contribution in [0.15, 0.2) is 10.9 Å². The lowest BCUT2D eigenvalue weighted by Crippen LogP contribution is -2.31. The monoisotopic (exact) mass is 248 g/mol. The Balaban J connectivity index is 3.26. The first-order valence-corrected chi connectivity index (χ1v) is 5.16. The number of hydrogen-bond donors (Lipinski definition) is 0. The number of halogens is 3. The highest BCUT2D eigenvalue weighted by Gasteiger charge is 2.33. The highest BCUT2D eigenvalue weighted by Crippen LogP contribution is 2.26. The van der Waals surface area contributed by atoms with Gasteiger partial charge in [0.1, 0.15) is 5.82 Å². The lowest BCUT2D eigenvalue weighted by atomic mass is 9.97. The second-order valence-electron chi connectivity index (χ2n) is 5.17. The van der Waals surface area contributed by atoms with Gasteiger partial charge in [0.25, 0.3) is 5.56 Å². The minimum absolute atomic E-state index is 0.0831. The highest BCUT2D eigenvalue weighted by atomic mass is 19.4. The van der Waals surface area contributed by atoms with Gasteiger partial charge >= 0.3 is 6.18 Å². The topological polar surface area (TPSA) is 34.9 Å². The summed E-state index contributed by atoms with van der Waals surface area (Å²) in [7, 11) is 0. The van der Waals surface area contributed by atoms with Crippen LogP contribution < -0.4 is 5.56 Å². The first-order valence-electron chi connectivity index (χ1n) is 5.16. The summed E-state index contributed by atoms with van der Waals surface area (Å²) in [5, 5.41) is 0. The minimum Gasteiger partial charge on any atom is -0.296 e. The van der Waals surface area contributed by atoms with Crippen molar-refractivity contribution >= 4 is 0 Å². The smallest absolute Gasteiger partial charge is 0.296 e. The van der Waals surface area contributed by atoms with Gasteiger partial charge in [-0.05, 0) is 12.3 Å². The molecule has 0 bridgehead atoms. The van der Waals surface area contributed by atoms with Crippen molar-refractivity contribution in [1.29, 1.82) is 0 Å². The van der Waals surface area contributed by atoms with E-state index in [1.54, 1.807) is 0 Å². The summed E-state index contributed by atoms with van der Waals surface area (Å²) in [5.41, 5.74) is -2.00. The van der Waals surface area contributed by atoms with Gasteiger partial charge in [-0.2, -0.15) is 13.2 Å². The molecule has 1 aromatic rings. The Hall–Kier alpha value is -1.33. The Morgan fingerprint density at radius 2 is 1.82 bits per heavy atom. The summed E-state index contributed by atoms with van der Waals surface area (Å²) < 4.78 is 38.5. The molecular weight excluding hydrogens is 233 g/mol. The maximum atomic E-state index is 12.4. The largest absolute Gasteiger partial charge is 0.433 e. The molecule has 1 rings (SSSR count). The molecule has 96 valence electrons. The van der Waals surface area contributed by atoms with Crippen molar-refractivity contribution in [3.05, 3.63) is 27.9 Å². The minimum atomic E-state index is -4.58. The summed E-state index contributed by atoms with van der Waals surface area (Å²) >= 11 is 0. The average molecular weight is 248 g/mol. The van der Waals surface area contributed by atoms with Crippen LogP contribution in [0.5, 0.6) is 0 Å². The first-order chi connectivity index (χ1) is 7.50. The molecule has 0 aliphatic heterocycles. The van der Waals surface area contributed by atoms with Crippen molar-refractivity contribution < 1.29 is 13.2 Å². The molecule has 17 heavy (non-hydrogen) atoms. The van der Waals surface area contributed by atoms with Crippen LogP contribution >= 0.6 is 0 Å². The third-order valence-corrected chi connectivity index (χ3v) is 2.12. The Morgan fingerprint density at radius 1 is 1.29 bits per heavy atom. The zero-order chi connectivity index (χ0) is 13.4. The molecule has 0 aliphatic carbocycles. The van der Waals surface area contributed by atoms with Crippen LogP contribution in [0.1, 0.15) is 32.3 Å². The maximum absolute atomic E-state index is 12.4. The van der Waals surface area contributed by atoms with Gasteiger partial charge in [0.15, 0.2) is 5.69 Å². The normalized spacial score (nSPS) is 12.9. The average Bonchev–Trinajstić information content (AvgIpc) is 2.07. The Kier molecular flexibility index (Phi) is 3.36. The Bertz CT molecular complexity index is 469. The summed E-state index contributed by atoms with van der Waals surface area (Å²) in [4.78, 5) is 15.0. The number of alkyl halides is 3. The van der Waals surface area contributed by atoms with E-state index in [9.17, 15) is 18.0 Å². The summed E-state index contributed by atoms with van der Waals surface area (Å²) in [6, 6.07) is 0.540. The highest BCUT2D eigenvalue weighted by molar-refractivity contribution is 5.07. The van der Waals surface area contributed by atoms with E-state index in [1.165, 1.54) is 11.5 Å². The van der Waals surface area contributed by atoms with E-state index in [2.05, 4.69) is 4.98 Å². The van der Waals surface area contributed by atoms with E-state index < -0.39 is 17.4 Å². The van der Waals surface area contributed by atoms with Gasteiger partial charge < -0.3 is 0 Å². The fourth-order valence-corrected chi connectivity index (χ4v) is 1.43. The van der Waals surface area contributed by atoms with Gasteiger partial charge in [-0.15, -0.1) is 0 Å². The Morgan fingerprint density at radius 3 is 2.18 bits per heavy atom. The molecule has 1 heterocycles. The van der Waals surface area contributed by atoms with Crippen molar-refractivity contribution in [2.24, 2.45) is 5.41 Å². The van der Waals surface area contributed by atoms with Crippen molar-refractivity contribution in [2.75, 3.05) is 0 Å². The van der Waals surface area contributed by atoms with Crippen LogP contribution in [0.4, 0.5) is 13.2 Å². The van der Waals surface area contributed by atoms with Gasteiger partial charge in [-0.1, -0.05) is 20.8 Å².